The summed E-state index contributed by atoms with van der Waals surface area (Å²) in [6.45, 7) is 4.03. The molecule has 1 aliphatic rings. The first-order valence-electron chi connectivity index (χ1n) is 8.81. The summed E-state index contributed by atoms with van der Waals surface area (Å²) in [5, 5.41) is 7.42. The van der Waals surface area contributed by atoms with Gasteiger partial charge < -0.3 is 4.90 Å². The van der Waals surface area contributed by atoms with Crippen LogP contribution in [-0.4, -0.2) is 54.1 Å². The molecular formula is C19H21N5O2S. The molecule has 0 amide bonds. The first kappa shape index (κ1) is 17.7. The van der Waals surface area contributed by atoms with Gasteiger partial charge in [-0.05, 0) is 31.2 Å². The van der Waals surface area contributed by atoms with Crippen molar-refractivity contribution in [2.75, 3.05) is 31.1 Å². The van der Waals surface area contributed by atoms with Crippen LogP contribution in [0.15, 0.2) is 59.8 Å². The Hall–Kier alpha value is -2.71. The van der Waals surface area contributed by atoms with E-state index in [-0.39, 0.29) is 0 Å². The molecule has 1 aromatic carbocycles. The van der Waals surface area contributed by atoms with Crippen molar-refractivity contribution in [3.05, 3.63) is 60.4 Å². The Balaban J connectivity index is 1.45. The fourth-order valence-corrected chi connectivity index (χ4v) is 4.59. The summed E-state index contributed by atoms with van der Waals surface area (Å²) >= 11 is 0. The molecule has 0 radical (unpaired) electrons. The van der Waals surface area contributed by atoms with Crippen LogP contribution in [0.2, 0.25) is 0 Å². The van der Waals surface area contributed by atoms with E-state index in [1.807, 2.05) is 37.3 Å². The minimum atomic E-state index is -3.45. The van der Waals surface area contributed by atoms with E-state index in [0.29, 0.717) is 31.1 Å². The Morgan fingerprint density at radius 1 is 0.963 bits per heavy atom. The van der Waals surface area contributed by atoms with Gasteiger partial charge in [-0.3, -0.25) is 10.1 Å². The van der Waals surface area contributed by atoms with Crippen LogP contribution in [0, 0.1) is 6.92 Å². The van der Waals surface area contributed by atoms with Crippen LogP contribution in [0.25, 0.3) is 11.3 Å². The minimum absolute atomic E-state index is 0.348. The lowest BCUT2D eigenvalue weighted by molar-refractivity contribution is 0.384. The van der Waals surface area contributed by atoms with Gasteiger partial charge in [0.1, 0.15) is 0 Å². The first-order chi connectivity index (χ1) is 13.0. The normalized spacial score (nSPS) is 15.8. The summed E-state index contributed by atoms with van der Waals surface area (Å²) < 4.78 is 27.2. The van der Waals surface area contributed by atoms with Crippen molar-refractivity contribution in [3.8, 4) is 11.3 Å². The molecule has 3 heterocycles. The average Bonchev–Trinajstić information content (AvgIpc) is 3.19. The van der Waals surface area contributed by atoms with Gasteiger partial charge in [0, 0.05) is 50.2 Å². The van der Waals surface area contributed by atoms with Crippen LogP contribution in [0.5, 0.6) is 0 Å². The zero-order chi connectivity index (χ0) is 18.9. The topological polar surface area (TPSA) is 82.2 Å². The van der Waals surface area contributed by atoms with Gasteiger partial charge in [0.25, 0.3) is 0 Å². The van der Waals surface area contributed by atoms with Gasteiger partial charge in [-0.2, -0.15) is 9.40 Å². The lowest BCUT2D eigenvalue weighted by Gasteiger charge is -2.34. The molecule has 1 N–H and O–H groups in total. The van der Waals surface area contributed by atoms with E-state index in [1.165, 1.54) is 0 Å². The van der Waals surface area contributed by atoms with Gasteiger partial charge in [0.05, 0.1) is 10.6 Å². The molecule has 4 rings (SSSR count). The van der Waals surface area contributed by atoms with Gasteiger partial charge in [-0.15, -0.1) is 0 Å². The summed E-state index contributed by atoms with van der Waals surface area (Å²) in [5.41, 5.74) is 2.98. The summed E-state index contributed by atoms with van der Waals surface area (Å²) in [5.74, 6) is 0.828. The molecule has 1 saturated heterocycles. The van der Waals surface area contributed by atoms with Gasteiger partial charge in [-0.25, -0.2) is 8.42 Å². The summed E-state index contributed by atoms with van der Waals surface area (Å²) in [6, 6.07) is 12.8. The Bertz CT molecular complexity index is 1010. The van der Waals surface area contributed by atoms with E-state index >= 15 is 0 Å². The smallest absolute Gasteiger partial charge is 0.243 e. The predicted molar refractivity (Wildman–Crippen MR) is 104 cm³/mol. The number of nitrogens with zero attached hydrogens (tertiary/aromatic N) is 4. The molecule has 0 aliphatic carbocycles. The predicted octanol–water partition coefficient (Wildman–Crippen LogP) is 2.29. The van der Waals surface area contributed by atoms with Crippen LogP contribution in [0.4, 0.5) is 5.82 Å². The second kappa shape index (κ2) is 7.13. The summed E-state index contributed by atoms with van der Waals surface area (Å²) in [7, 11) is -3.45. The van der Waals surface area contributed by atoms with Crippen LogP contribution in [-0.2, 0) is 10.0 Å². The van der Waals surface area contributed by atoms with Gasteiger partial charge in [-0.1, -0.05) is 17.7 Å². The van der Waals surface area contributed by atoms with Crippen molar-refractivity contribution in [2.24, 2.45) is 0 Å². The Morgan fingerprint density at radius 2 is 1.63 bits per heavy atom. The highest BCUT2D eigenvalue weighted by molar-refractivity contribution is 7.89. The maximum Gasteiger partial charge on any atom is 0.243 e. The number of H-pyrrole nitrogens is 1. The minimum Gasteiger partial charge on any atom is -0.352 e. The average molecular weight is 383 g/mol. The third-order valence-electron chi connectivity index (χ3n) is 4.78. The maximum absolute atomic E-state index is 12.8. The van der Waals surface area contributed by atoms with Crippen LogP contribution in [0.1, 0.15) is 5.56 Å². The maximum atomic E-state index is 12.8. The number of pyridine rings is 1. The lowest BCUT2D eigenvalue weighted by Crippen LogP contribution is -2.48. The van der Waals surface area contributed by atoms with Crippen molar-refractivity contribution in [1.29, 1.82) is 0 Å². The summed E-state index contributed by atoms with van der Waals surface area (Å²) in [6.07, 6.45) is 3.48. The number of piperazine rings is 1. The van der Waals surface area contributed by atoms with Crippen LogP contribution >= 0.6 is 0 Å². The number of hydrogen-bond acceptors (Lipinski definition) is 5. The molecule has 0 saturated carbocycles. The van der Waals surface area contributed by atoms with Gasteiger partial charge >= 0.3 is 0 Å². The second-order valence-electron chi connectivity index (χ2n) is 6.58. The second-order valence-corrected chi connectivity index (χ2v) is 8.52. The first-order valence-corrected chi connectivity index (χ1v) is 10.3. The molecule has 0 spiro atoms. The molecule has 7 nitrogen and oxygen atoms in total. The third-order valence-corrected chi connectivity index (χ3v) is 6.69. The molecule has 2 aromatic heterocycles. The molecule has 0 bridgehead atoms. The SMILES string of the molecule is Cc1ccc(S(=O)(=O)N2CCN(c3cc(-c4ccncc4)[nH]n3)CC2)cc1. The Kier molecular flexibility index (Phi) is 4.67. The molecule has 1 fully saturated rings. The molecule has 8 heteroatoms. The van der Waals surface area contributed by atoms with E-state index in [4.69, 9.17) is 0 Å². The van der Waals surface area contributed by atoms with Crippen molar-refractivity contribution < 1.29 is 8.42 Å². The van der Waals surface area contributed by atoms with Gasteiger partial charge in [0.2, 0.25) is 10.0 Å². The standard InChI is InChI=1S/C19H21N5O2S/c1-15-2-4-17(5-3-15)27(25,26)24-12-10-23(11-13-24)19-14-18(21-22-19)16-6-8-20-9-7-16/h2-9,14H,10-13H2,1H3,(H,21,22). The van der Waals surface area contributed by atoms with E-state index in [2.05, 4.69) is 20.1 Å². The fraction of sp³-hybridized carbons (Fsp3) is 0.263. The number of aromatic amines is 1. The van der Waals surface area contributed by atoms with Crippen molar-refractivity contribution >= 4 is 15.8 Å². The zero-order valence-corrected chi connectivity index (χ0v) is 15.9. The van der Waals surface area contributed by atoms with E-state index in [1.54, 1.807) is 28.8 Å². The number of benzene rings is 1. The lowest BCUT2D eigenvalue weighted by atomic mass is 10.2. The van der Waals surface area contributed by atoms with E-state index in [0.717, 1.165) is 22.6 Å². The largest absolute Gasteiger partial charge is 0.352 e. The van der Waals surface area contributed by atoms with Gasteiger partial charge in [0.15, 0.2) is 5.82 Å². The molecule has 3 aromatic rings. The monoisotopic (exact) mass is 383 g/mol. The molecular weight excluding hydrogens is 362 g/mol. The quantitative estimate of drug-likeness (QED) is 0.747. The van der Waals surface area contributed by atoms with Crippen LogP contribution < -0.4 is 4.90 Å². The molecule has 0 atom stereocenters. The van der Waals surface area contributed by atoms with E-state index in [9.17, 15) is 8.42 Å². The number of aromatic nitrogens is 3. The third kappa shape index (κ3) is 3.58. The van der Waals surface area contributed by atoms with Crippen molar-refractivity contribution in [3.63, 3.8) is 0 Å². The van der Waals surface area contributed by atoms with Crippen molar-refractivity contribution in [1.82, 2.24) is 19.5 Å². The molecule has 27 heavy (non-hydrogen) atoms. The fourth-order valence-electron chi connectivity index (χ4n) is 3.17. The zero-order valence-electron chi connectivity index (χ0n) is 15.0. The highest BCUT2D eigenvalue weighted by Gasteiger charge is 2.29. The number of rotatable bonds is 4. The van der Waals surface area contributed by atoms with E-state index < -0.39 is 10.0 Å². The summed E-state index contributed by atoms with van der Waals surface area (Å²) in [4.78, 5) is 6.47. The number of anilines is 1. The van der Waals surface area contributed by atoms with Crippen molar-refractivity contribution in [2.45, 2.75) is 11.8 Å². The molecule has 1 aliphatic heterocycles. The number of aryl methyl sites for hydroxylation is 1. The highest BCUT2D eigenvalue weighted by Crippen LogP contribution is 2.24. The number of hydrogen-bond donors (Lipinski definition) is 1. The number of sulfonamides is 1. The molecule has 140 valence electrons. The number of nitrogens with one attached hydrogen (secondary N) is 1. The van der Waals surface area contributed by atoms with Crippen LogP contribution in [0.3, 0.4) is 0 Å². The highest BCUT2D eigenvalue weighted by atomic mass is 32.2. The Morgan fingerprint density at radius 3 is 2.30 bits per heavy atom. The Labute approximate surface area is 158 Å². The molecule has 0 unspecified atom stereocenters.